The predicted octanol–water partition coefficient (Wildman–Crippen LogP) is 4.40. The number of aliphatic hydroxyl groups is 2. The van der Waals surface area contributed by atoms with Crippen LogP contribution >= 0.6 is 0 Å². The molecule has 4 heteroatoms. The van der Waals surface area contributed by atoms with Gasteiger partial charge in [0.15, 0.2) is 0 Å². The molecular formula is C24H37NO3. The van der Waals surface area contributed by atoms with Crippen molar-refractivity contribution in [1.82, 2.24) is 5.32 Å². The van der Waals surface area contributed by atoms with E-state index in [1.165, 1.54) is 0 Å². The van der Waals surface area contributed by atoms with Crippen LogP contribution in [-0.4, -0.2) is 34.9 Å². The van der Waals surface area contributed by atoms with Crippen LogP contribution < -0.4 is 5.32 Å². The molecule has 0 aromatic heterocycles. The van der Waals surface area contributed by atoms with E-state index in [0.717, 1.165) is 17.6 Å². The van der Waals surface area contributed by atoms with Crippen molar-refractivity contribution in [3.63, 3.8) is 0 Å². The number of amides is 1. The first-order valence-electron chi connectivity index (χ1n) is 9.86. The molecule has 0 saturated heterocycles. The Bertz CT molecular complexity index is 651. The van der Waals surface area contributed by atoms with Gasteiger partial charge in [0, 0.05) is 17.5 Å². The molecule has 0 spiro atoms. The van der Waals surface area contributed by atoms with Crippen LogP contribution in [0, 0.1) is 5.92 Å². The molecule has 3 N–H and O–H groups in total. The normalized spacial score (nSPS) is 17.5. The summed E-state index contributed by atoms with van der Waals surface area (Å²) in [7, 11) is 0. The first-order valence-corrected chi connectivity index (χ1v) is 9.86. The van der Waals surface area contributed by atoms with E-state index in [2.05, 4.69) is 24.4 Å². The van der Waals surface area contributed by atoms with Crippen molar-refractivity contribution < 1.29 is 15.0 Å². The van der Waals surface area contributed by atoms with Gasteiger partial charge in [-0.3, -0.25) is 4.79 Å². The molecule has 0 bridgehead atoms. The summed E-state index contributed by atoms with van der Waals surface area (Å²) in [5.74, 6) is -0.125. The molecule has 0 aromatic carbocycles. The van der Waals surface area contributed by atoms with Gasteiger partial charge in [-0.15, -0.1) is 0 Å². The number of rotatable bonds is 11. The maximum Gasteiger partial charge on any atom is 0.247 e. The van der Waals surface area contributed by atoms with Crippen molar-refractivity contribution in [1.29, 1.82) is 0 Å². The maximum atomic E-state index is 11.8. The third-order valence-corrected chi connectivity index (χ3v) is 4.18. The van der Waals surface area contributed by atoms with E-state index in [4.69, 9.17) is 5.11 Å². The van der Waals surface area contributed by atoms with E-state index < -0.39 is 6.10 Å². The Hall–Kier alpha value is -2.17. The van der Waals surface area contributed by atoms with Gasteiger partial charge in [0.05, 0.1) is 12.7 Å². The number of hydrogen-bond acceptors (Lipinski definition) is 3. The Balaban J connectivity index is 4.59. The summed E-state index contributed by atoms with van der Waals surface area (Å²) in [6, 6.07) is -0.253. The molecule has 28 heavy (non-hydrogen) atoms. The Kier molecular flexibility index (Phi) is 13.7. The van der Waals surface area contributed by atoms with Crippen molar-refractivity contribution >= 4 is 5.91 Å². The number of carbonyl (C=O) groups excluding carboxylic acids is 1. The quantitative estimate of drug-likeness (QED) is 0.280. The topological polar surface area (TPSA) is 69.6 Å². The van der Waals surface area contributed by atoms with E-state index in [-0.39, 0.29) is 24.5 Å². The predicted molar refractivity (Wildman–Crippen MR) is 119 cm³/mol. The van der Waals surface area contributed by atoms with Gasteiger partial charge in [-0.25, -0.2) is 0 Å². The zero-order valence-corrected chi connectivity index (χ0v) is 18.1. The van der Waals surface area contributed by atoms with Crippen LogP contribution in [0.3, 0.4) is 0 Å². The standard InChI is InChI=1S/C24H37NO3/c1-7-13-19(3)23(27)21(5)16-18(2)14-11-9-8-10-12-15-20(4)24(28)25-22(6)17-26/h8-16,21-23,26-27H,7,17H2,1-6H3,(H,25,28)/b9-8-,12-10+,14-11+,18-16+,19-13+,20-15+. The fraction of sp³-hybridized carbons (Fsp3) is 0.458. The van der Waals surface area contributed by atoms with Crippen LogP contribution in [0.5, 0.6) is 0 Å². The first kappa shape index (κ1) is 25.8. The van der Waals surface area contributed by atoms with Crippen LogP contribution in [0.4, 0.5) is 0 Å². The lowest BCUT2D eigenvalue weighted by atomic mass is 9.95. The average molecular weight is 388 g/mol. The lowest BCUT2D eigenvalue weighted by Gasteiger charge is -2.17. The van der Waals surface area contributed by atoms with E-state index in [0.29, 0.717) is 5.57 Å². The van der Waals surface area contributed by atoms with Crippen LogP contribution in [0.1, 0.15) is 48.0 Å². The van der Waals surface area contributed by atoms with Crippen molar-refractivity contribution in [2.24, 2.45) is 5.92 Å². The van der Waals surface area contributed by atoms with Gasteiger partial charge in [0.2, 0.25) is 5.91 Å². The summed E-state index contributed by atoms with van der Waals surface area (Å²) in [5, 5.41) is 21.9. The van der Waals surface area contributed by atoms with E-state index >= 15 is 0 Å². The monoisotopic (exact) mass is 387 g/mol. The summed E-state index contributed by atoms with van der Waals surface area (Å²) in [4.78, 5) is 11.8. The van der Waals surface area contributed by atoms with Crippen molar-refractivity contribution in [2.75, 3.05) is 6.61 Å². The highest BCUT2D eigenvalue weighted by Gasteiger charge is 2.13. The molecule has 0 radical (unpaired) electrons. The largest absolute Gasteiger partial charge is 0.394 e. The second-order valence-electron chi connectivity index (χ2n) is 7.11. The minimum atomic E-state index is -0.450. The second kappa shape index (κ2) is 14.8. The molecule has 0 aliphatic heterocycles. The SMILES string of the molecule is CC/C=C(\C)C(O)C(C)/C=C(C)/C=C/C=C\C=C\C=C(/C)C(=O)NC(C)CO. The van der Waals surface area contributed by atoms with Crippen LogP contribution in [0.15, 0.2) is 71.4 Å². The minimum Gasteiger partial charge on any atom is -0.394 e. The number of aliphatic hydroxyl groups excluding tert-OH is 2. The molecule has 0 heterocycles. The van der Waals surface area contributed by atoms with Gasteiger partial charge >= 0.3 is 0 Å². The highest BCUT2D eigenvalue weighted by atomic mass is 16.3. The van der Waals surface area contributed by atoms with Gasteiger partial charge in [-0.05, 0) is 39.7 Å². The third kappa shape index (κ3) is 11.5. The lowest BCUT2D eigenvalue weighted by molar-refractivity contribution is -0.118. The molecule has 3 atom stereocenters. The Morgan fingerprint density at radius 1 is 1.04 bits per heavy atom. The van der Waals surface area contributed by atoms with E-state index in [1.807, 2.05) is 51.2 Å². The van der Waals surface area contributed by atoms with Crippen LogP contribution in [0.2, 0.25) is 0 Å². The molecule has 3 unspecified atom stereocenters. The molecule has 0 saturated carbocycles. The van der Waals surface area contributed by atoms with Gasteiger partial charge in [0.1, 0.15) is 0 Å². The zero-order chi connectivity index (χ0) is 21.5. The molecule has 4 nitrogen and oxygen atoms in total. The number of allylic oxidation sites excluding steroid dienone is 9. The maximum absolute atomic E-state index is 11.8. The lowest BCUT2D eigenvalue weighted by Crippen LogP contribution is -2.35. The highest BCUT2D eigenvalue weighted by molar-refractivity contribution is 5.93. The number of nitrogens with one attached hydrogen (secondary N) is 1. The molecule has 0 aliphatic rings. The fourth-order valence-corrected chi connectivity index (χ4v) is 2.48. The molecular weight excluding hydrogens is 350 g/mol. The summed E-state index contributed by atoms with van der Waals surface area (Å²) in [5.41, 5.74) is 2.69. The fourth-order valence-electron chi connectivity index (χ4n) is 2.48. The zero-order valence-electron chi connectivity index (χ0n) is 18.1. The van der Waals surface area contributed by atoms with Gasteiger partial charge < -0.3 is 15.5 Å². The number of hydrogen-bond donors (Lipinski definition) is 3. The van der Waals surface area contributed by atoms with E-state index in [9.17, 15) is 9.90 Å². The second-order valence-corrected chi connectivity index (χ2v) is 7.11. The van der Waals surface area contributed by atoms with Crippen molar-refractivity contribution in [3.8, 4) is 0 Å². The average Bonchev–Trinajstić information content (AvgIpc) is 2.66. The highest BCUT2D eigenvalue weighted by Crippen LogP contribution is 2.16. The summed E-state index contributed by atoms with van der Waals surface area (Å²) < 4.78 is 0. The number of carbonyl (C=O) groups is 1. The summed E-state index contributed by atoms with van der Waals surface area (Å²) in [6.07, 6.45) is 17.7. The molecule has 0 rings (SSSR count). The van der Waals surface area contributed by atoms with Gasteiger partial charge in [-0.2, -0.15) is 0 Å². The Labute approximate surface area is 170 Å². The van der Waals surface area contributed by atoms with Crippen molar-refractivity contribution in [2.45, 2.75) is 60.1 Å². The van der Waals surface area contributed by atoms with Gasteiger partial charge in [0.25, 0.3) is 0 Å². The molecule has 0 fully saturated rings. The Morgan fingerprint density at radius 3 is 2.25 bits per heavy atom. The third-order valence-electron chi connectivity index (χ3n) is 4.18. The minimum absolute atomic E-state index is 0.0594. The molecule has 0 aromatic rings. The Morgan fingerprint density at radius 2 is 1.64 bits per heavy atom. The van der Waals surface area contributed by atoms with Crippen LogP contribution in [-0.2, 0) is 4.79 Å². The summed E-state index contributed by atoms with van der Waals surface area (Å²) in [6.45, 7) is 11.5. The summed E-state index contributed by atoms with van der Waals surface area (Å²) >= 11 is 0. The molecule has 156 valence electrons. The van der Waals surface area contributed by atoms with Crippen molar-refractivity contribution in [3.05, 3.63) is 71.4 Å². The van der Waals surface area contributed by atoms with Crippen LogP contribution in [0.25, 0.3) is 0 Å². The van der Waals surface area contributed by atoms with Gasteiger partial charge in [-0.1, -0.05) is 74.1 Å². The molecule has 1 amide bonds. The smallest absolute Gasteiger partial charge is 0.247 e. The first-order chi connectivity index (χ1) is 13.2. The van der Waals surface area contributed by atoms with E-state index in [1.54, 1.807) is 26.0 Å². The molecule has 0 aliphatic carbocycles.